The van der Waals surface area contributed by atoms with Gasteiger partial charge >= 0.3 is 0 Å². The Hall–Kier alpha value is -2.82. The third-order valence-electron chi connectivity index (χ3n) is 6.48. The third kappa shape index (κ3) is 3.09. The van der Waals surface area contributed by atoms with E-state index in [4.69, 9.17) is 4.74 Å². The minimum Gasteiger partial charge on any atom is -0.380 e. The van der Waals surface area contributed by atoms with E-state index in [1.165, 1.54) is 23.6 Å². The van der Waals surface area contributed by atoms with E-state index in [2.05, 4.69) is 31.0 Å². The van der Waals surface area contributed by atoms with Crippen LogP contribution >= 0.6 is 0 Å². The van der Waals surface area contributed by atoms with Crippen molar-refractivity contribution in [3.05, 3.63) is 18.1 Å². The minimum atomic E-state index is -0.675. The predicted molar refractivity (Wildman–Crippen MR) is 99.0 cm³/mol. The Morgan fingerprint density at radius 3 is 2.93 bits per heavy atom. The van der Waals surface area contributed by atoms with Crippen molar-refractivity contribution in [1.82, 2.24) is 40.6 Å². The number of aromatic amines is 1. The van der Waals surface area contributed by atoms with Gasteiger partial charge in [-0.15, -0.1) is 5.10 Å². The van der Waals surface area contributed by atoms with Crippen LogP contribution in [0.2, 0.25) is 0 Å². The maximum Gasteiger partial charge on any atom is 0.259 e. The summed E-state index contributed by atoms with van der Waals surface area (Å²) in [5.41, 5.74) is -0.299. The van der Waals surface area contributed by atoms with Gasteiger partial charge < -0.3 is 15.0 Å². The van der Waals surface area contributed by atoms with Crippen LogP contribution in [-0.2, 0) is 9.53 Å². The van der Waals surface area contributed by atoms with E-state index in [1.807, 2.05) is 0 Å². The summed E-state index contributed by atoms with van der Waals surface area (Å²) >= 11 is 0. The molecular weight excluding hydrogens is 376 g/mol. The predicted octanol–water partition coefficient (Wildman–Crippen LogP) is -0.0771. The molecule has 0 spiro atoms. The molecule has 0 aromatic carbocycles. The van der Waals surface area contributed by atoms with Crippen LogP contribution in [0.3, 0.4) is 0 Å². The second kappa shape index (κ2) is 7.21. The number of nitrogens with zero attached hydrogens (tertiary/aromatic N) is 6. The normalized spacial score (nSPS) is 27.2. The average Bonchev–Trinajstić information content (AvgIpc) is 3.51. The molecule has 0 bridgehead atoms. The van der Waals surface area contributed by atoms with Crippen molar-refractivity contribution in [2.75, 3.05) is 26.3 Å². The summed E-state index contributed by atoms with van der Waals surface area (Å²) in [4.78, 5) is 28.2. The Balaban J connectivity index is 1.34. The number of ether oxygens (including phenoxy) is 1. The van der Waals surface area contributed by atoms with Crippen molar-refractivity contribution in [2.45, 2.75) is 38.1 Å². The SMILES string of the molecule is O=C(c1cn[nH]c1-n1cnnn1)N1C[C@H]2COC[C@@]2(C(=O)NC2CCCCC2)C1. The summed E-state index contributed by atoms with van der Waals surface area (Å²) in [5, 5.41) is 21.0. The Morgan fingerprint density at radius 2 is 2.14 bits per heavy atom. The number of hydrogen-bond donors (Lipinski definition) is 2. The molecule has 11 nitrogen and oxygen atoms in total. The first kappa shape index (κ1) is 18.2. The van der Waals surface area contributed by atoms with E-state index < -0.39 is 5.41 Å². The van der Waals surface area contributed by atoms with Crippen molar-refractivity contribution < 1.29 is 14.3 Å². The van der Waals surface area contributed by atoms with E-state index in [0.717, 1.165) is 25.7 Å². The lowest BCUT2D eigenvalue weighted by Crippen LogP contribution is -2.50. The Bertz CT molecular complexity index is 891. The van der Waals surface area contributed by atoms with Gasteiger partial charge in [0.1, 0.15) is 11.9 Å². The molecule has 2 aromatic rings. The zero-order chi connectivity index (χ0) is 19.8. The number of hydrogen-bond acceptors (Lipinski definition) is 7. The van der Waals surface area contributed by atoms with Gasteiger partial charge in [0.05, 0.1) is 24.8 Å². The second-order valence-corrected chi connectivity index (χ2v) is 8.25. The van der Waals surface area contributed by atoms with Crippen LogP contribution < -0.4 is 5.32 Å². The zero-order valence-corrected chi connectivity index (χ0v) is 16.1. The summed E-state index contributed by atoms with van der Waals surface area (Å²) in [5.74, 6) is 0.242. The quantitative estimate of drug-likeness (QED) is 0.734. The monoisotopic (exact) mass is 400 g/mol. The Labute approximate surface area is 167 Å². The molecule has 3 aliphatic rings. The summed E-state index contributed by atoms with van der Waals surface area (Å²) in [6, 6.07) is 0.233. The topological polar surface area (TPSA) is 131 Å². The van der Waals surface area contributed by atoms with Crippen LogP contribution in [0, 0.1) is 11.3 Å². The number of nitrogens with one attached hydrogen (secondary N) is 2. The highest BCUT2D eigenvalue weighted by atomic mass is 16.5. The van der Waals surface area contributed by atoms with E-state index >= 15 is 0 Å². The lowest BCUT2D eigenvalue weighted by atomic mass is 9.79. The van der Waals surface area contributed by atoms with Gasteiger partial charge in [0.15, 0.2) is 5.82 Å². The molecule has 2 aliphatic heterocycles. The molecule has 0 unspecified atom stereocenters. The lowest BCUT2D eigenvalue weighted by Gasteiger charge is -2.30. The average molecular weight is 400 g/mol. The number of tetrazole rings is 1. The molecule has 29 heavy (non-hydrogen) atoms. The highest BCUT2D eigenvalue weighted by molar-refractivity contribution is 5.98. The summed E-state index contributed by atoms with van der Waals surface area (Å²) in [6.07, 6.45) is 8.47. The fraction of sp³-hybridized carbons (Fsp3) is 0.667. The number of aromatic nitrogens is 6. The van der Waals surface area contributed by atoms with Gasteiger partial charge in [0, 0.05) is 25.0 Å². The summed E-state index contributed by atoms with van der Waals surface area (Å²) in [7, 11) is 0. The van der Waals surface area contributed by atoms with Crippen molar-refractivity contribution in [3.63, 3.8) is 0 Å². The van der Waals surface area contributed by atoms with Gasteiger partial charge in [0.2, 0.25) is 5.91 Å². The second-order valence-electron chi connectivity index (χ2n) is 8.25. The molecule has 5 rings (SSSR count). The molecular formula is C18H24N8O3. The number of H-pyrrole nitrogens is 1. The molecule has 2 atom stereocenters. The Kier molecular flexibility index (Phi) is 4.53. The van der Waals surface area contributed by atoms with Crippen molar-refractivity contribution in [1.29, 1.82) is 0 Å². The van der Waals surface area contributed by atoms with Gasteiger partial charge in [-0.2, -0.15) is 9.78 Å². The minimum absolute atomic E-state index is 0.00146. The molecule has 2 amide bonds. The van der Waals surface area contributed by atoms with E-state index in [1.54, 1.807) is 4.90 Å². The summed E-state index contributed by atoms with van der Waals surface area (Å²) < 4.78 is 7.05. The number of likely N-dealkylation sites (tertiary alicyclic amines) is 1. The number of rotatable bonds is 4. The van der Waals surface area contributed by atoms with Crippen LogP contribution in [0.15, 0.2) is 12.5 Å². The Morgan fingerprint density at radius 1 is 1.28 bits per heavy atom. The first-order valence-electron chi connectivity index (χ1n) is 10.1. The van der Waals surface area contributed by atoms with Gasteiger partial charge in [0.25, 0.3) is 5.91 Å². The molecule has 11 heteroatoms. The third-order valence-corrected chi connectivity index (χ3v) is 6.48. The molecule has 2 aromatic heterocycles. The van der Waals surface area contributed by atoms with E-state index in [0.29, 0.717) is 37.7 Å². The fourth-order valence-electron chi connectivity index (χ4n) is 4.83. The summed E-state index contributed by atoms with van der Waals surface area (Å²) in [6.45, 7) is 1.67. The van der Waals surface area contributed by atoms with Gasteiger partial charge in [-0.25, -0.2) is 0 Å². The van der Waals surface area contributed by atoms with Crippen LogP contribution in [-0.4, -0.2) is 79.5 Å². The molecule has 1 saturated carbocycles. The van der Waals surface area contributed by atoms with Crippen LogP contribution in [0.5, 0.6) is 0 Å². The zero-order valence-electron chi connectivity index (χ0n) is 16.1. The molecule has 154 valence electrons. The first-order chi connectivity index (χ1) is 14.2. The number of amides is 2. The highest BCUT2D eigenvalue weighted by Crippen LogP contribution is 2.42. The molecule has 3 fully saturated rings. The van der Waals surface area contributed by atoms with Crippen molar-refractivity contribution >= 4 is 11.8 Å². The smallest absolute Gasteiger partial charge is 0.259 e. The van der Waals surface area contributed by atoms with Crippen molar-refractivity contribution in [2.24, 2.45) is 11.3 Å². The van der Waals surface area contributed by atoms with Crippen LogP contribution in [0.4, 0.5) is 0 Å². The first-order valence-corrected chi connectivity index (χ1v) is 10.1. The van der Waals surface area contributed by atoms with Gasteiger partial charge in [-0.05, 0) is 23.3 Å². The standard InChI is InChI=1S/C18H24N8O3/c27-16(14-6-19-22-15(14)26-11-20-23-24-26)25-7-12-8-29-10-18(12,9-25)17(28)21-13-4-2-1-3-5-13/h6,11-13H,1-5,7-10H2,(H,19,22)(H,21,28)/t12-,18-/m0/s1. The number of carbonyl (C=O) groups is 2. The molecule has 4 heterocycles. The number of fused-ring (bicyclic) bond motifs is 1. The van der Waals surface area contributed by atoms with E-state index in [-0.39, 0.29) is 23.8 Å². The lowest BCUT2D eigenvalue weighted by molar-refractivity contribution is -0.132. The van der Waals surface area contributed by atoms with Crippen molar-refractivity contribution in [3.8, 4) is 5.82 Å². The maximum atomic E-state index is 13.2. The molecule has 1 aliphatic carbocycles. The fourth-order valence-corrected chi connectivity index (χ4v) is 4.83. The van der Waals surface area contributed by atoms with Gasteiger partial charge in [-0.3, -0.25) is 14.7 Å². The molecule has 0 radical (unpaired) electrons. The van der Waals surface area contributed by atoms with Crippen LogP contribution in [0.25, 0.3) is 5.82 Å². The van der Waals surface area contributed by atoms with Gasteiger partial charge in [-0.1, -0.05) is 19.3 Å². The van der Waals surface area contributed by atoms with Crippen LogP contribution in [0.1, 0.15) is 42.5 Å². The maximum absolute atomic E-state index is 13.2. The largest absolute Gasteiger partial charge is 0.380 e. The molecule has 2 saturated heterocycles. The highest BCUT2D eigenvalue weighted by Gasteiger charge is 2.57. The number of carbonyl (C=O) groups excluding carboxylic acids is 2. The molecule has 2 N–H and O–H groups in total. The van der Waals surface area contributed by atoms with E-state index in [9.17, 15) is 9.59 Å².